The van der Waals surface area contributed by atoms with Gasteiger partial charge in [0.15, 0.2) is 17.2 Å². The largest absolute Gasteiger partial charge is 0.448 e. The number of rotatable bonds is 5. The Kier molecular flexibility index (Phi) is 5.05. The fraction of sp³-hybridized carbons (Fsp3) is 0.273. The number of hydrogen-bond donors (Lipinski definition) is 1. The van der Waals surface area contributed by atoms with Crippen LogP contribution in [-0.4, -0.2) is 35.8 Å². The van der Waals surface area contributed by atoms with Gasteiger partial charge < -0.3 is 14.6 Å². The minimum Gasteiger partial charge on any atom is -0.448 e. The van der Waals surface area contributed by atoms with Crippen LogP contribution < -0.4 is 5.32 Å². The average molecular weight is 398 g/mol. The summed E-state index contributed by atoms with van der Waals surface area (Å²) in [5.41, 5.74) is 0.375. The summed E-state index contributed by atoms with van der Waals surface area (Å²) in [6.45, 7) is 2.54. The molecule has 2 heterocycles. The Labute approximate surface area is 166 Å². The first-order chi connectivity index (χ1) is 13.9. The van der Waals surface area contributed by atoms with Crippen molar-refractivity contribution in [1.82, 2.24) is 10.2 Å². The van der Waals surface area contributed by atoms with Crippen molar-refractivity contribution in [3.63, 3.8) is 0 Å². The molecule has 0 spiro atoms. The summed E-state index contributed by atoms with van der Waals surface area (Å²) in [6.07, 6.45) is -1.69. The van der Waals surface area contributed by atoms with Crippen molar-refractivity contribution in [2.45, 2.75) is 19.1 Å². The number of benzene rings is 2. The molecule has 2 amide bonds. The second kappa shape index (κ2) is 7.66. The van der Waals surface area contributed by atoms with Gasteiger partial charge in [-0.05, 0) is 24.6 Å². The topological polar surface area (TPSA) is 62.6 Å². The number of nitrogens with zero attached hydrogens (tertiary/aromatic N) is 1. The molecule has 1 aromatic heterocycles. The predicted molar refractivity (Wildman–Crippen MR) is 103 cm³/mol. The van der Waals surface area contributed by atoms with Gasteiger partial charge in [0.05, 0.1) is 0 Å². The maximum atomic E-state index is 14.4. The van der Waals surface area contributed by atoms with Gasteiger partial charge in [0.1, 0.15) is 0 Å². The van der Waals surface area contributed by atoms with Crippen molar-refractivity contribution >= 4 is 22.8 Å². The van der Waals surface area contributed by atoms with Crippen LogP contribution in [0.1, 0.15) is 29.2 Å². The molecule has 1 fully saturated rings. The quantitative estimate of drug-likeness (QED) is 0.710. The molecular formula is C22H20F2N2O3. The number of carbonyl (C=O) groups excluding carboxylic acids is 2. The zero-order chi connectivity index (χ0) is 20.5. The number of fused-ring (bicyclic) bond motifs is 1. The van der Waals surface area contributed by atoms with Crippen molar-refractivity contribution in [3.8, 4) is 0 Å². The number of furan rings is 1. The fourth-order valence-corrected chi connectivity index (χ4v) is 3.47. The van der Waals surface area contributed by atoms with E-state index in [2.05, 4.69) is 5.32 Å². The fourth-order valence-electron chi connectivity index (χ4n) is 3.47. The first-order valence-corrected chi connectivity index (χ1v) is 9.41. The van der Waals surface area contributed by atoms with Gasteiger partial charge in [0.2, 0.25) is 6.17 Å². The second-order valence-corrected chi connectivity index (χ2v) is 7.31. The van der Waals surface area contributed by atoms with Gasteiger partial charge in [-0.25, -0.2) is 8.78 Å². The van der Waals surface area contributed by atoms with Crippen molar-refractivity contribution in [2.24, 2.45) is 5.92 Å². The number of nitrogens with one attached hydrogen (secondary N) is 1. The molecular weight excluding hydrogens is 378 g/mol. The number of hydrogen-bond acceptors (Lipinski definition) is 3. The van der Waals surface area contributed by atoms with Gasteiger partial charge in [-0.3, -0.25) is 9.59 Å². The smallest absolute Gasteiger partial charge is 0.287 e. The summed E-state index contributed by atoms with van der Waals surface area (Å²) in [6, 6.07) is 14.0. The van der Waals surface area contributed by atoms with E-state index < -0.39 is 23.8 Å². The average Bonchev–Trinajstić information content (AvgIpc) is 3.13. The van der Waals surface area contributed by atoms with Gasteiger partial charge in [-0.1, -0.05) is 42.5 Å². The molecule has 1 saturated heterocycles. The lowest BCUT2D eigenvalue weighted by Crippen LogP contribution is -2.58. The van der Waals surface area contributed by atoms with Gasteiger partial charge in [-0.15, -0.1) is 0 Å². The van der Waals surface area contributed by atoms with Gasteiger partial charge in [-0.2, -0.15) is 0 Å². The highest BCUT2D eigenvalue weighted by Gasteiger charge is 2.38. The summed E-state index contributed by atoms with van der Waals surface area (Å²) in [4.78, 5) is 26.1. The number of likely N-dealkylation sites (tertiary alicyclic amines) is 1. The highest BCUT2D eigenvalue weighted by atomic mass is 19.1. The highest BCUT2D eigenvalue weighted by molar-refractivity contribution is 5.96. The summed E-state index contributed by atoms with van der Waals surface area (Å²) >= 11 is 0. The van der Waals surface area contributed by atoms with Gasteiger partial charge in [0, 0.05) is 30.4 Å². The van der Waals surface area contributed by atoms with Crippen LogP contribution >= 0.6 is 0 Å². The van der Waals surface area contributed by atoms with Crippen LogP contribution in [0.25, 0.3) is 11.0 Å². The lowest BCUT2D eigenvalue weighted by molar-refractivity contribution is -0.143. The van der Waals surface area contributed by atoms with E-state index in [1.54, 1.807) is 42.5 Å². The molecule has 29 heavy (non-hydrogen) atoms. The molecule has 150 valence electrons. The SMILES string of the molecule is CC(NC(=O)c1cc2cccc(F)c2o1)C1CN(C(=O)C(F)c2ccccc2)C1. The number of halogens is 2. The number of alkyl halides is 1. The zero-order valence-corrected chi connectivity index (χ0v) is 15.8. The minimum absolute atomic E-state index is 0.00647. The van der Waals surface area contributed by atoms with E-state index in [0.717, 1.165) is 0 Å². The Bertz CT molecular complexity index is 1040. The molecule has 0 radical (unpaired) electrons. The maximum Gasteiger partial charge on any atom is 0.287 e. The molecule has 2 aromatic carbocycles. The Hall–Kier alpha value is -3.22. The Morgan fingerprint density at radius 2 is 1.86 bits per heavy atom. The molecule has 2 unspecified atom stereocenters. The van der Waals surface area contributed by atoms with Gasteiger partial charge in [0.25, 0.3) is 11.8 Å². The van der Waals surface area contributed by atoms with E-state index in [1.165, 1.54) is 17.0 Å². The lowest BCUT2D eigenvalue weighted by atomic mass is 9.91. The molecule has 0 bridgehead atoms. The molecule has 0 saturated carbocycles. The van der Waals surface area contributed by atoms with Crippen molar-refractivity contribution in [3.05, 3.63) is 71.7 Å². The van der Waals surface area contributed by atoms with E-state index in [0.29, 0.717) is 24.0 Å². The Morgan fingerprint density at radius 1 is 1.14 bits per heavy atom. The Balaban J connectivity index is 1.33. The molecule has 2 atom stereocenters. The summed E-state index contributed by atoms with van der Waals surface area (Å²) < 4.78 is 33.5. The molecule has 4 rings (SSSR count). The third kappa shape index (κ3) is 3.72. The monoisotopic (exact) mass is 398 g/mol. The van der Waals surface area contributed by atoms with E-state index in [1.807, 2.05) is 6.92 Å². The lowest BCUT2D eigenvalue weighted by Gasteiger charge is -2.43. The van der Waals surface area contributed by atoms with Crippen LogP contribution in [0.3, 0.4) is 0 Å². The van der Waals surface area contributed by atoms with Crippen molar-refractivity contribution in [1.29, 1.82) is 0 Å². The molecule has 0 aliphatic carbocycles. The molecule has 1 N–H and O–H groups in total. The van der Waals surface area contributed by atoms with Gasteiger partial charge >= 0.3 is 0 Å². The normalized spacial score (nSPS) is 16.3. The molecule has 1 aliphatic heterocycles. The van der Waals surface area contributed by atoms with E-state index in [-0.39, 0.29) is 23.3 Å². The van der Waals surface area contributed by atoms with Crippen LogP contribution in [0, 0.1) is 11.7 Å². The third-order valence-corrected chi connectivity index (χ3v) is 5.32. The summed E-state index contributed by atoms with van der Waals surface area (Å²) in [5.74, 6) is -1.52. The molecule has 7 heteroatoms. The standard InChI is InChI=1S/C22H20F2N2O3/c1-13(25-21(27)18-10-15-8-5-9-17(23)20(15)29-18)16-11-26(12-16)22(28)19(24)14-6-3-2-4-7-14/h2-10,13,16,19H,11-12H2,1H3,(H,25,27). The van der Waals surface area contributed by atoms with Crippen LogP contribution in [0.2, 0.25) is 0 Å². The van der Waals surface area contributed by atoms with E-state index >= 15 is 0 Å². The van der Waals surface area contributed by atoms with Crippen molar-refractivity contribution < 1.29 is 22.8 Å². The van der Waals surface area contributed by atoms with Crippen LogP contribution in [0.5, 0.6) is 0 Å². The molecule has 1 aliphatic rings. The van der Waals surface area contributed by atoms with E-state index in [4.69, 9.17) is 4.42 Å². The first kappa shape index (κ1) is 19.1. The zero-order valence-electron chi connectivity index (χ0n) is 15.8. The predicted octanol–water partition coefficient (Wildman–Crippen LogP) is 3.86. The van der Waals surface area contributed by atoms with E-state index in [9.17, 15) is 18.4 Å². The first-order valence-electron chi connectivity index (χ1n) is 9.41. The van der Waals surface area contributed by atoms with Crippen molar-refractivity contribution in [2.75, 3.05) is 13.1 Å². The summed E-state index contributed by atoms with van der Waals surface area (Å²) in [5, 5.41) is 3.32. The van der Waals surface area contributed by atoms with Crippen LogP contribution in [0.4, 0.5) is 8.78 Å². The number of para-hydroxylation sites is 1. The molecule has 5 nitrogen and oxygen atoms in total. The third-order valence-electron chi connectivity index (χ3n) is 5.32. The highest BCUT2D eigenvalue weighted by Crippen LogP contribution is 2.27. The summed E-state index contributed by atoms with van der Waals surface area (Å²) in [7, 11) is 0. The minimum atomic E-state index is -1.69. The number of carbonyl (C=O) groups is 2. The number of amides is 2. The maximum absolute atomic E-state index is 14.4. The van der Waals surface area contributed by atoms with Crippen LogP contribution in [0.15, 0.2) is 59.0 Å². The Morgan fingerprint density at radius 3 is 2.55 bits per heavy atom. The second-order valence-electron chi connectivity index (χ2n) is 7.31. The molecule has 3 aromatic rings. The van der Waals surface area contributed by atoms with Crippen LogP contribution in [-0.2, 0) is 4.79 Å².